The highest BCUT2D eigenvalue weighted by Gasteiger charge is 2.32. The molecule has 1 aliphatic carbocycles. The highest BCUT2D eigenvalue weighted by Crippen LogP contribution is 2.36. The molecule has 3 aromatic rings. The van der Waals surface area contributed by atoms with Crippen LogP contribution >= 0.6 is 0 Å². The molecule has 1 saturated carbocycles. The topological polar surface area (TPSA) is 37.3 Å². The number of benzene rings is 2. The lowest BCUT2D eigenvalue weighted by atomic mass is 9.92. The van der Waals surface area contributed by atoms with Crippen LogP contribution in [0.4, 0.5) is 0 Å². The summed E-state index contributed by atoms with van der Waals surface area (Å²) in [6.45, 7) is 0. The lowest BCUT2D eigenvalue weighted by Gasteiger charge is -2.23. The first-order valence-corrected chi connectivity index (χ1v) is 8.83. The van der Waals surface area contributed by atoms with Crippen LogP contribution < -0.4 is 5.43 Å². The fourth-order valence-corrected chi connectivity index (χ4v) is 3.51. The van der Waals surface area contributed by atoms with Crippen molar-refractivity contribution < 1.29 is 0 Å². The van der Waals surface area contributed by atoms with Gasteiger partial charge in [0.05, 0.1) is 11.8 Å². The highest BCUT2D eigenvalue weighted by atomic mass is 15.3. The number of hydrazone groups is 1. The summed E-state index contributed by atoms with van der Waals surface area (Å²) in [6.07, 6.45) is 8.63. The number of aromatic nitrogens is 1. The van der Waals surface area contributed by atoms with Crippen LogP contribution in [0.2, 0.25) is 0 Å². The largest absolute Gasteiger partial charge is 0.302 e. The molecule has 0 bridgehead atoms. The van der Waals surface area contributed by atoms with E-state index in [-0.39, 0.29) is 0 Å². The van der Waals surface area contributed by atoms with Gasteiger partial charge in [-0.3, -0.25) is 4.98 Å². The summed E-state index contributed by atoms with van der Waals surface area (Å²) in [5.41, 5.74) is 7.90. The summed E-state index contributed by atoms with van der Waals surface area (Å²) < 4.78 is 0. The maximum absolute atomic E-state index is 4.78. The van der Waals surface area contributed by atoms with Gasteiger partial charge in [-0.15, -0.1) is 0 Å². The number of fused-ring (bicyclic) bond motifs is 1. The Morgan fingerprint density at radius 2 is 1.64 bits per heavy atom. The van der Waals surface area contributed by atoms with Gasteiger partial charge in [-0.2, -0.15) is 5.10 Å². The molecule has 0 radical (unpaired) electrons. The van der Waals surface area contributed by atoms with Crippen LogP contribution in [0.3, 0.4) is 0 Å². The van der Waals surface area contributed by atoms with E-state index in [0.29, 0.717) is 6.04 Å². The molecule has 1 aromatic heterocycles. The molecular weight excluding hydrogens is 306 g/mol. The summed E-state index contributed by atoms with van der Waals surface area (Å²) in [7, 11) is 0. The predicted octanol–water partition coefficient (Wildman–Crippen LogP) is 4.40. The molecule has 1 aliphatic heterocycles. The maximum atomic E-state index is 4.78. The van der Waals surface area contributed by atoms with Crippen molar-refractivity contribution in [1.29, 1.82) is 0 Å². The van der Waals surface area contributed by atoms with Crippen LogP contribution in [0.1, 0.15) is 24.0 Å². The lowest BCUT2D eigenvalue weighted by Crippen LogP contribution is -2.31. The Labute approximate surface area is 147 Å². The first-order valence-electron chi connectivity index (χ1n) is 8.83. The van der Waals surface area contributed by atoms with Crippen molar-refractivity contribution in [3.8, 4) is 0 Å². The number of nitrogens with zero attached hydrogens (tertiary/aromatic N) is 2. The lowest BCUT2D eigenvalue weighted by molar-refractivity contribution is 0.559. The average Bonchev–Trinajstić information content (AvgIpc) is 3.53. The van der Waals surface area contributed by atoms with Gasteiger partial charge in [-0.1, -0.05) is 42.5 Å². The number of pyridine rings is 1. The minimum Gasteiger partial charge on any atom is -0.302 e. The molecule has 0 spiro atoms. The van der Waals surface area contributed by atoms with Gasteiger partial charge in [0.15, 0.2) is 0 Å². The van der Waals surface area contributed by atoms with Crippen LogP contribution in [0, 0.1) is 5.92 Å². The van der Waals surface area contributed by atoms with Crippen molar-refractivity contribution in [2.24, 2.45) is 11.0 Å². The Kier molecular flexibility index (Phi) is 3.37. The Morgan fingerprint density at radius 3 is 2.44 bits per heavy atom. The molecule has 1 atom stereocenters. The quantitative estimate of drug-likeness (QED) is 0.775. The van der Waals surface area contributed by atoms with Crippen LogP contribution in [0.5, 0.6) is 0 Å². The molecule has 1 unspecified atom stereocenters. The first kappa shape index (κ1) is 14.4. The van der Waals surface area contributed by atoms with Crippen molar-refractivity contribution in [2.45, 2.75) is 18.9 Å². The second kappa shape index (κ2) is 5.85. The maximum Gasteiger partial charge on any atom is 0.0977 e. The Bertz CT molecular complexity index is 984. The molecule has 25 heavy (non-hydrogen) atoms. The zero-order chi connectivity index (χ0) is 16.6. The molecule has 5 rings (SSSR count). The summed E-state index contributed by atoms with van der Waals surface area (Å²) >= 11 is 0. The fourth-order valence-electron chi connectivity index (χ4n) is 3.51. The summed E-state index contributed by atoms with van der Waals surface area (Å²) in [5, 5.41) is 7.27. The molecule has 122 valence electrons. The van der Waals surface area contributed by atoms with Gasteiger partial charge >= 0.3 is 0 Å². The number of rotatable bonds is 3. The molecule has 2 heterocycles. The SMILES string of the molecule is C1=C(c2ccncc2)C(c2ccc3ccccc3c2)=NNC1C1CC1. The van der Waals surface area contributed by atoms with Gasteiger partial charge in [0.1, 0.15) is 0 Å². The van der Waals surface area contributed by atoms with E-state index in [9.17, 15) is 0 Å². The molecule has 3 nitrogen and oxygen atoms in total. The van der Waals surface area contributed by atoms with Gasteiger partial charge in [0.2, 0.25) is 0 Å². The standard InChI is InChI=1S/C22H19N3/c1-2-4-18-13-19(8-5-15(18)3-1)22-20(16-9-11-23-12-10-16)14-21(24-25-22)17-6-7-17/h1-5,8-14,17,21,24H,6-7H2. The van der Waals surface area contributed by atoms with E-state index in [1.165, 1.54) is 34.8 Å². The van der Waals surface area contributed by atoms with E-state index >= 15 is 0 Å². The fraction of sp³-hybridized carbons (Fsp3) is 0.182. The van der Waals surface area contributed by atoms with Crippen molar-refractivity contribution in [3.05, 3.63) is 84.2 Å². The molecule has 2 aliphatic rings. The number of hydrogen-bond donors (Lipinski definition) is 1. The Hall–Kier alpha value is -2.94. The molecule has 1 fully saturated rings. The normalized spacial score (nSPS) is 19.9. The monoisotopic (exact) mass is 325 g/mol. The van der Waals surface area contributed by atoms with Gasteiger partial charge in [0, 0.05) is 23.5 Å². The predicted molar refractivity (Wildman–Crippen MR) is 102 cm³/mol. The average molecular weight is 325 g/mol. The number of allylic oxidation sites excluding steroid dienone is 1. The van der Waals surface area contributed by atoms with E-state index in [0.717, 1.165) is 17.2 Å². The third-order valence-electron chi connectivity index (χ3n) is 5.07. The second-order valence-electron chi connectivity index (χ2n) is 6.83. The zero-order valence-corrected chi connectivity index (χ0v) is 13.9. The number of hydrogen-bond acceptors (Lipinski definition) is 3. The molecule has 0 amide bonds. The van der Waals surface area contributed by atoms with Crippen molar-refractivity contribution in [3.63, 3.8) is 0 Å². The van der Waals surface area contributed by atoms with Gasteiger partial charge < -0.3 is 5.43 Å². The zero-order valence-electron chi connectivity index (χ0n) is 13.9. The first-order chi connectivity index (χ1) is 12.4. The third-order valence-corrected chi connectivity index (χ3v) is 5.07. The van der Waals surface area contributed by atoms with Crippen LogP contribution in [-0.2, 0) is 0 Å². The smallest absolute Gasteiger partial charge is 0.0977 e. The summed E-state index contributed by atoms with van der Waals surface area (Å²) in [4.78, 5) is 4.16. The molecule has 3 heteroatoms. The molecule has 1 N–H and O–H groups in total. The van der Waals surface area contributed by atoms with Crippen molar-refractivity contribution in [2.75, 3.05) is 0 Å². The third kappa shape index (κ3) is 2.72. The second-order valence-corrected chi connectivity index (χ2v) is 6.83. The van der Waals surface area contributed by atoms with Crippen LogP contribution in [0.15, 0.2) is 78.2 Å². The van der Waals surface area contributed by atoms with Crippen molar-refractivity contribution >= 4 is 22.1 Å². The minimum atomic E-state index is 0.340. The van der Waals surface area contributed by atoms with E-state index in [4.69, 9.17) is 5.10 Å². The number of nitrogens with one attached hydrogen (secondary N) is 1. The molecule has 0 saturated heterocycles. The Morgan fingerprint density at radius 1 is 0.840 bits per heavy atom. The van der Waals surface area contributed by atoms with E-state index in [1.807, 2.05) is 12.4 Å². The minimum absolute atomic E-state index is 0.340. The Balaban J connectivity index is 1.61. The highest BCUT2D eigenvalue weighted by molar-refractivity contribution is 6.32. The van der Waals surface area contributed by atoms with Gasteiger partial charge in [-0.25, -0.2) is 0 Å². The molecular formula is C22H19N3. The molecule has 2 aromatic carbocycles. The van der Waals surface area contributed by atoms with Crippen molar-refractivity contribution in [1.82, 2.24) is 10.4 Å². The van der Waals surface area contributed by atoms with Crippen LogP contribution in [-0.4, -0.2) is 16.7 Å². The van der Waals surface area contributed by atoms with Crippen LogP contribution in [0.25, 0.3) is 16.3 Å². The van der Waals surface area contributed by atoms with E-state index in [1.54, 1.807) is 0 Å². The van der Waals surface area contributed by atoms with E-state index in [2.05, 4.69) is 71.1 Å². The van der Waals surface area contributed by atoms with Gasteiger partial charge in [-0.05, 0) is 53.3 Å². The van der Waals surface area contributed by atoms with E-state index < -0.39 is 0 Å². The summed E-state index contributed by atoms with van der Waals surface area (Å²) in [5.74, 6) is 0.721. The van der Waals surface area contributed by atoms with Gasteiger partial charge in [0.25, 0.3) is 0 Å². The summed E-state index contributed by atoms with van der Waals surface area (Å²) in [6, 6.07) is 19.5.